The summed E-state index contributed by atoms with van der Waals surface area (Å²) in [6, 6.07) is 4.94. The van der Waals surface area contributed by atoms with E-state index in [0.29, 0.717) is 30.2 Å². The number of carbonyl (C=O) groups excluding carboxylic acids is 2. The van der Waals surface area contributed by atoms with Gasteiger partial charge in [-0.1, -0.05) is 20.8 Å². The molecule has 0 aliphatic heterocycles. The second-order valence-corrected chi connectivity index (χ2v) is 13.2. The van der Waals surface area contributed by atoms with Gasteiger partial charge in [0.15, 0.2) is 8.32 Å². The van der Waals surface area contributed by atoms with Crippen molar-refractivity contribution in [3.05, 3.63) is 23.7 Å². The molecular formula is C21H33N3O6Si. The SMILES string of the molecule is COC(=O)C(=[N+]=[N-])C(=O)N(CCCO[Si](C)(C)C(C)(C)C)c1cc(OC)ccc1OC. The predicted octanol–water partition coefficient (Wildman–Crippen LogP) is 3.29. The van der Waals surface area contributed by atoms with E-state index in [-0.39, 0.29) is 11.6 Å². The number of hydrogen-bond acceptors (Lipinski definition) is 6. The van der Waals surface area contributed by atoms with Gasteiger partial charge in [-0.05, 0) is 36.7 Å². The molecule has 0 aliphatic rings. The summed E-state index contributed by atoms with van der Waals surface area (Å²) in [6.45, 7) is 11.4. The molecule has 10 heteroatoms. The lowest BCUT2D eigenvalue weighted by Gasteiger charge is -2.36. The van der Waals surface area contributed by atoms with Crippen LogP contribution in [0.1, 0.15) is 27.2 Å². The van der Waals surface area contributed by atoms with Gasteiger partial charge in [0, 0.05) is 19.2 Å². The number of methoxy groups -OCH3 is 3. The lowest BCUT2D eigenvalue weighted by Crippen LogP contribution is -2.43. The van der Waals surface area contributed by atoms with Crippen LogP contribution in [0.15, 0.2) is 18.2 Å². The fourth-order valence-electron chi connectivity index (χ4n) is 2.50. The largest absolute Gasteiger partial charge is 0.497 e. The third-order valence-electron chi connectivity index (χ3n) is 5.40. The van der Waals surface area contributed by atoms with Crippen molar-refractivity contribution in [2.24, 2.45) is 0 Å². The first kappa shape index (κ1) is 26.4. The molecule has 1 amide bonds. The minimum Gasteiger partial charge on any atom is -0.497 e. The molecular weight excluding hydrogens is 418 g/mol. The van der Waals surface area contributed by atoms with Gasteiger partial charge in [0.25, 0.3) is 0 Å². The summed E-state index contributed by atoms with van der Waals surface area (Å²) >= 11 is 0. The Bertz CT molecular complexity index is 844. The Morgan fingerprint density at radius 3 is 2.26 bits per heavy atom. The van der Waals surface area contributed by atoms with Crippen LogP contribution in [0.2, 0.25) is 18.1 Å². The summed E-state index contributed by atoms with van der Waals surface area (Å²) in [5, 5.41) is 0.0557. The summed E-state index contributed by atoms with van der Waals surface area (Å²) < 4.78 is 21.4. The quantitative estimate of drug-likeness (QED) is 0.103. The molecule has 0 saturated heterocycles. The Morgan fingerprint density at radius 1 is 1.13 bits per heavy atom. The van der Waals surface area contributed by atoms with Gasteiger partial charge in [0.2, 0.25) is 0 Å². The molecule has 0 saturated carbocycles. The molecule has 0 aromatic heterocycles. The smallest absolute Gasteiger partial charge is 0.463 e. The summed E-state index contributed by atoms with van der Waals surface area (Å²) in [5.41, 5.74) is 8.88. The Morgan fingerprint density at radius 2 is 1.77 bits per heavy atom. The van der Waals surface area contributed by atoms with Crippen LogP contribution in [0, 0.1) is 0 Å². The molecule has 172 valence electrons. The van der Waals surface area contributed by atoms with Crippen molar-refractivity contribution in [3.63, 3.8) is 0 Å². The number of amides is 1. The third kappa shape index (κ3) is 6.65. The number of esters is 1. The number of nitrogens with zero attached hydrogens (tertiary/aromatic N) is 3. The predicted molar refractivity (Wildman–Crippen MR) is 120 cm³/mol. The summed E-state index contributed by atoms with van der Waals surface area (Å²) in [5.74, 6) is -0.988. The van der Waals surface area contributed by atoms with Crippen LogP contribution in [-0.2, 0) is 18.8 Å². The van der Waals surface area contributed by atoms with Gasteiger partial charge < -0.3 is 24.2 Å². The molecule has 0 bridgehead atoms. The molecule has 1 aromatic carbocycles. The number of hydrogen-bond donors (Lipinski definition) is 0. The van der Waals surface area contributed by atoms with Crippen LogP contribution >= 0.6 is 0 Å². The van der Waals surface area contributed by atoms with Gasteiger partial charge in [-0.15, -0.1) is 0 Å². The minimum atomic E-state index is -1.95. The van der Waals surface area contributed by atoms with E-state index in [0.717, 1.165) is 7.11 Å². The number of anilines is 1. The Labute approximate surface area is 185 Å². The van der Waals surface area contributed by atoms with Crippen LogP contribution in [0.5, 0.6) is 11.5 Å². The zero-order valence-corrected chi connectivity index (χ0v) is 20.6. The molecule has 1 aromatic rings. The van der Waals surface area contributed by atoms with Crippen molar-refractivity contribution in [2.75, 3.05) is 39.4 Å². The average molecular weight is 452 g/mol. The highest BCUT2D eigenvalue weighted by Crippen LogP contribution is 2.37. The monoisotopic (exact) mass is 451 g/mol. The Hall–Kier alpha value is -2.68. The summed E-state index contributed by atoms with van der Waals surface area (Å²) in [6.07, 6.45) is 0.485. The van der Waals surface area contributed by atoms with Gasteiger partial charge >= 0.3 is 17.6 Å². The topological polar surface area (TPSA) is 111 Å². The standard InChI is InChI=1S/C21H33N3O6Si/c1-21(2,3)31(7,8)30-13-9-12-24(19(25)18(23-22)20(26)29-6)16-14-15(27-4)10-11-17(16)28-5/h10-11,14H,9,12-13H2,1-8H3. The first-order chi connectivity index (χ1) is 14.4. The molecule has 0 unspecified atom stereocenters. The van der Waals surface area contributed by atoms with Gasteiger partial charge in [-0.3, -0.25) is 9.69 Å². The fraction of sp³-hybridized carbons (Fsp3) is 0.571. The van der Waals surface area contributed by atoms with Gasteiger partial charge in [-0.25, -0.2) is 4.79 Å². The zero-order chi connectivity index (χ0) is 23.8. The summed E-state index contributed by atoms with van der Waals surface area (Å²) in [4.78, 5) is 29.2. The van der Waals surface area contributed by atoms with Crippen molar-refractivity contribution in [1.29, 1.82) is 0 Å². The van der Waals surface area contributed by atoms with E-state index in [9.17, 15) is 15.1 Å². The van der Waals surface area contributed by atoms with E-state index < -0.39 is 25.9 Å². The maximum Gasteiger partial charge on any atom is 0.463 e. The number of carbonyl (C=O) groups is 2. The lowest BCUT2D eigenvalue weighted by atomic mass is 10.2. The first-order valence-corrected chi connectivity index (χ1v) is 12.8. The number of ether oxygens (including phenoxy) is 3. The van der Waals surface area contributed by atoms with Crippen LogP contribution in [0.25, 0.3) is 5.53 Å². The van der Waals surface area contributed by atoms with Crippen molar-refractivity contribution in [1.82, 2.24) is 0 Å². The first-order valence-electron chi connectivity index (χ1n) is 9.91. The molecule has 1 rings (SSSR count). The molecule has 9 nitrogen and oxygen atoms in total. The Kier molecular flexibility index (Phi) is 9.42. The molecule has 0 spiro atoms. The van der Waals surface area contributed by atoms with Crippen molar-refractivity contribution in [3.8, 4) is 11.5 Å². The highest BCUT2D eigenvalue weighted by atomic mass is 28.4. The van der Waals surface area contributed by atoms with E-state index in [1.807, 2.05) is 0 Å². The Balaban J connectivity index is 3.23. The van der Waals surface area contributed by atoms with E-state index in [2.05, 4.69) is 43.4 Å². The van der Waals surface area contributed by atoms with Crippen molar-refractivity contribution >= 4 is 31.6 Å². The maximum atomic E-state index is 13.1. The lowest BCUT2D eigenvalue weighted by molar-refractivity contribution is -0.139. The highest BCUT2D eigenvalue weighted by Gasteiger charge is 2.38. The average Bonchev–Trinajstić information content (AvgIpc) is 2.72. The molecule has 31 heavy (non-hydrogen) atoms. The molecule has 0 atom stereocenters. The van der Waals surface area contributed by atoms with Gasteiger partial charge in [0.05, 0.1) is 27.0 Å². The minimum absolute atomic E-state index is 0.0557. The second-order valence-electron chi connectivity index (χ2n) is 8.40. The van der Waals surface area contributed by atoms with Crippen LogP contribution in [0.3, 0.4) is 0 Å². The molecule has 0 heterocycles. The molecule has 0 radical (unpaired) electrons. The number of benzene rings is 1. The second kappa shape index (κ2) is 11.1. The van der Waals surface area contributed by atoms with Crippen molar-refractivity contribution < 1.29 is 33.0 Å². The normalized spacial score (nSPS) is 11.4. The molecule has 0 N–H and O–H groups in total. The van der Waals surface area contributed by atoms with Crippen LogP contribution in [0.4, 0.5) is 5.69 Å². The summed E-state index contributed by atoms with van der Waals surface area (Å²) in [7, 11) is 2.12. The van der Waals surface area contributed by atoms with E-state index in [4.69, 9.17) is 13.9 Å². The van der Waals surface area contributed by atoms with Crippen LogP contribution in [-0.4, -0.2) is 65.2 Å². The molecule has 0 aliphatic carbocycles. The van der Waals surface area contributed by atoms with E-state index in [1.54, 1.807) is 18.2 Å². The van der Waals surface area contributed by atoms with E-state index >= 15 is 0 Å². The third-order valence-corrected chi connectivity index (χ3v) is 9.94. The van der Waals surface area contributed by atoms with Crippen LogP contribution < -0.4 is 14.4 Å². The van der Waals surface area contributed by atoms with E-state index in [1.165, 1.54) is 19.1 Å². The number of rotatable bonds is 10. The van der Waals surface area contributed by atoms with Crippen molar-refractivity contribution in [2.45, 2.75) is 45.3 Å². The molecule has 0 fully saturated rings. The maximum absolute atomic E-state index is 13.1. The highest BCUT2D eigenvalue weighted by molar-refractivity contribution is 6.74. The van der Waals surface area contributed by atoms with Gasteiger partial charge in [-0.2, -0.15) is 4.79 Å². The zero-order valence-electron chi connectivity index (χ0n) is 19.6. The van der Waals surface area contributed by atoms with Gasteiger partial charge in [0.1, 0.15) is 11.5 Å². The fourth-order valence-corrected chi connectivity index (χ4v) is 3.59.